The molecule has 1 saturated heterocycles. The molecule has 0 aromatic heterocycles. The molecule has 1 amide bonds. The minimum absolute atomic E-state index is 0. The summed E-state index contributed by atoms with van der Waals surface area (Å²) in [5, 5.41) is 2.87. The SMILES string of the molecule is C=S([B][CH2-])CC(=O)NCC1CN(C)CCO1.[CH3-].[Y]. The number of nitrogens with zero attached hydrogens (tertiary/aromatic N) is 1. The first-order chi connectivity index (χ1) is 7.61. The van der Waals surface area contributed by atoms with Crippen LogP contribution in [0.1, 0.15) is 0 Å². The molecule has 1 aliphatic rings. The summed E-state index contributed by atoms with van der Waals surface area (Å²) in [7, 11) is 1.79. The Kier molecular flexibility index (Phi) is 13.6. The van der Waals surface area contributed by atoms with Crippen LogP contribution in [0.2, 0.25) is 0 Å². The normalized spacial score (nSPS) is 21.1. The molecule has 0 aromatic carbocycles. The number of rotatable bonds is 5. The van der Waals surface area contributed by atoms with E-state index >= 15 is 0 Å². The van der Waals surface area contributed by atoms with E-state index in [-0.39, 0.29) is 62.5 Å². The van der Waals surface area contributed by atoms with Gasteiger partial charge in [0, 0.05) is 52.3 Å². The minimum atomic E-state index is -0.270. The Hall–Kier alpha value is 0.779. The Morgan fingerprint density at radius 1 is 1.72 bits per heavy atom. The summed E-state index contributed by atoms with van der Waals surface area (Å²) in [5.41, 5.74) is 0. The first kappa shape index (κ1) is 21.1. The molecule has 2 atom stereocenters. The van der Waals surface area contributed by atoms with Crippen molar-refractivity contribution < 1.29 is 42.2 Å². The van der Waals surface area contributed by atoms with E-state index in [1.807, 2.05) is 0 Å². The van der Waals surface area contributed by atoms with Crippen molar-refractivity contribution in [3.8, 4) is 0 Å². The summed E-state index contributed by atoms with van der Waals surface area (Å²) in [6, 6.07) is 0. The van der Waals surface area contributed by atoms with Gasteiger partial charge in [0.1, 0.15) is 0 Å². The number of ether oxygens (including phenoxy) is 1. The largest absolute Gasteiger partial charge is 0.374 e. The molecule has 0 bridgehead atoms. The number of carbonyl (C=O) groups is 1. The minimum Gasteiger partial charge on any atom is -0.374 e. The number of hydrogen-bond donors (Lipinski definition) is 1. The summed E-state index contributed by atoms with van der Waals surface area (Å²) in [5.74, 6) is 4.26. The average Bonchev–Trinajstić information content (AvgIpc) is 2.26. The zero-order valence-electron chi connectivity index (χ0n) is 11.4. The van der Waals surface area contributed by atoms with Crippen LogP contribution in [-0.2, 0) is 42.2 Å². The molecule has 1 heterocycles. The number of likely N-dealkylation sites (N-methyl/N-ethyl adjacent to an activating group) is 1. The van der Waals surface area contributed by atoms with Crippen LogP contribution in [0, 0.1) is 14.2 Å². The molecule has 7 heteroatoms. The van der Waals surface area contributed by atoms with Crippen LogP contribution in [0.3, 0.4) is 0 Å². The standard InChI is InChI=1S/C10H19BN2O2S.CH3.Y/c1-11-16(3)8-10(14)12-6-9-7-13(2)4-5-15-9;;/h9H,1,3-8H2,2H3,(H,12,14);1H3;/q2*-1;. The molecule has 0 spiro atoms. The van der Waals surface area contributed by atoms with Crippen LogP contribution in [0.15, 0.2) is 0 Å². The smallest absolute Gasteiger partial charge is 0.228 e. The van der Waals surface area contributed by atoms with Crippen molar-refractivity contribution in [3.63, 3.8) is 0 Å². The topological polar surface area (TPSA) is 41.6 Å². The molecule has 2 radical (unpaired) electrons. The molecule has 1 rings (SSSR count). The van der Waals surface area contributed by atoms with Crippen molar-refractivity contribution in [1.29, 1.82) is 0 Å². The van der Waals surface area contributed by atoms with E-state index in [1.54, 1.807) is 6.56 Å². The molecule has 1 aliphatic heterocycles. The van der Waals surface area contributed by atoms with Crippen LogP contribution in [-0.4, -0.2) is 68.4 Å². The second-order valence-electron chi connectivity index (χ2n) is 3.91. The van der Waals surface area contributed by atoms with Crippen molar-refractivity contribution in [2.75, 3.05) is 39.0 Å². The quantitative estimate of drug-likeness (QED) is 0.433. The maximum atomic E-state index is 11.5. The summed E-state index contributed by atoms with van der Waals surface area (Å²) < 4.78 is 5.54. The van der Waals surface area contributed by atoms with E-state index in [1.165, 1.54) is 0 Å². The summed E-state index contributed by atoms with van der Waals surface area (Å²) >= 11 is 0. The number of morpholine rings is 1. The zero-order chi connectivity index (χ0) is 12.0. The molecule has 0 aliphatic carbocycles. The maximum Gasteiger partial charge on any atom is 0.228 e. The van der Waals surface area contributed by atoms with Crippen LogP contribution < -0.4 is 5.32 Å². The van der Waals surface area contributed by atoms with Gasteiger partial charge in [-0.15, -0.1) is 0 Å². The molecule has 4 nitrogen and oxygen atoms in total. The molecule has 0 aromatic rings. The number of carbonyl (C=O) groups excluding carboxylic acids is 1. The first-order valence-corrected chi connectivity index (χ1v) is 6.93. The second kappa shape index (κ2) is 11.6. The molecule has 102 valence electrons. The van der Waals surface area contributed by atoms with E-state index in [4.69, 9.17) is 4.74 Å². The van der Waals surface area contributed by atoms with Crippen LogP contribution in [0.4, 0.5) is 0 Å². The van der Waals surface area contributed by atoms with Crippen molar-refractivity contribution >= 4 is 28.7 Å². The van der Waals surface area contributed by atoms with Gasteiger partial charge < -0.3 is 29.2 Å². The van der Waals surface area contributed by atoms with E-state index in [0.717, 1.165) is 19.7 Å². The number of hydrogen-bond acceptors (Lipinski definition) is 3. The molecular weight excluding hydrogens is 324 g/mol. The fourth-order valence-electron chi connectivity index (χ4n) is 1.50. The van der Waals surface area contributed by atoms with Crippen LogP contribution in [0.5, 0.6) is 0 Å². The zero-order valence-corrected chi connectivity index (χ0v) is 15.0. The van der Waals surface area contributed by atoms with Crippen molar-refractivity contribution in [2.45, 2.75) is 6.10 Å². The first-order valence-electron chi connectivity index (χ1n) is 5.30. The predicted molar refractivity (Wildman–Crippen MR) is 77.4 cm³/mol. The average molecular weight is 346 g/mol. The van der Waals surface area contributed by atoms with Crippen molar-refractivity contribution in [3.05, 3.63) is 14.2 Å². The van der Waals surface area contributed by atoms with Gasteiger partial charge in [0.2, 0.25) is 5.91 Å². The third kappa shape index (κ3) is 8.81. The van der Waals surface area contributed by atoms with E-state index in [0.29, 0.717) is 12.3 Å². The molecule has 2 unspecified atom stereocenters. The predicted octanol–water partition coefficient (Wildman–Crippen LogP) is -0.00732. The van der Waals surface area contributed by atoms with Gasteiger partial charge in [0.15, 0.2) is 0 Å². The van der Waals surface area contributed by atoms with Crippen molar-refractivity contribution in [2.24, 2.45) is 0 Å². The number of nitrogens with one attached hydrogen (secondary N) is 1. The molecular formula is C11H22BN2O2SY-2. The molecule has 18 heavy (non-hydrogen) atoms. The van der Waals surface area contributed by atoms with Gasteiger partial charge in [-0.3, -0.25) is 15.1 Å². The van der Waals surface area contributed by atoms with Gasteiger partial charge in [-0.2, -0.15) is 0 Å². The van der Waals surface area contributed by atoms with Crippen molar-refractivity contribution in [1.82, 2.24) is 10.2 Å². The second-order valence-corrected chi connectivity index (χ2v) is 5.60. The maximum absolute atomic E-state index is 11.5. The third-order valence-electron chi connectivity index (χ3n) is 2.42. The van der Waals surface area contributed by atoms with E-state index in [9.17, 15) is 4.79 Å². The monoisotopic (exact) mass is 346 g/mol. The van der Waals surface area contributed by atoms with Crippen LogP contribution in [0.25, 0.3) is 0 Å². The van der Waals surface area contributed by atoms with Gasteiger partial charge in [0.25, 0.3) is 0 Å². The van der Waals surface area contributed by atoms with Gasteiger partial charge in [-0.25, -0.2) is 0 Å². The number of amides is 1. The Labute approximate surface area is 140 Å². The summed E-state index contributed by atoms with van der Waals surface area (Å²) in [6.45, 7) is 8.48. The van der Waals surface area contributed by atoms with Gasteiger partial charge in [-0.05, 0) is 13.6 Å². The summed E-state index contributed by atoms with van der Waals surface area (Å²) in [4.78, 5) is 13.7. The molecule has 1 N–H and O–H groups in total. The van der Waals surface area contributed by atoms with E-state index < -0.39 is 0 Å². The van der Waals surface area contributed by atoms with Gasteiger partial charge in [-0.1, -0.05) is 5.87 Å². The molecule has 1 fully saturated rings. The Morgan fingerprint density at radius 3 is 2.94 bits per heavy atom. The fraction of sp³-hybridized carbons (Fsp3) is 0.636. The summed E-state index contributed by atoms with van der Waals surface area (Å²) in [6.07, 6.45) is 0.109. The Bertz CT molecular complexity index is 269. The third-order valence-corrected chi connectivity index (χ3v) is 3.53. The Balaban J connectivity index is 0. The van der Waals surface area contributed by atoms with Gasteiger partial charge in [0.05, 0.1) is 18.5 Å². The van der Waals surface area contributed by atoms with E-state index in [2.05, 4.69) is 30.0 Å². The van der Waals surface area contributed by atoms with Crippen LogP contribution >= 0.6 is 10.3 Å². The van der Waals surface area contributed by atoms with Gasteiger partial charge >= 0.3 is 0 Å². The fourth-order valence-corrected chi connectivity index (χ4v) is 2.05. The molecule has 0 saturated carbocycles. The Morgan fingerprint density at radius 2 is 2.39 bits per heavy atom.